The first-order valence-corrected chi connectivity index (χ1v) is 11.3. The summed E-state index contributed by atoms with van der Waals surface area (Å²) in [5.74, 6) is -1.06. The number of rotatable bonds is 2. The Morgan fingerprint density at radius 3 is 1.51 bits per heavy atom. The van der Waals surface area contributed by atoms with E-state index in [-0.39, 0.29) is 56.3 Å². The van der Waals surface area contributed by atoms with E-state index in [4.69, 9.17) is 0 Å². The second-order valence-corrected chi connectivity index (χ2v) is 8.47. The summed E-state index contributed by atoms with van der Waals surface area (Å²) >= 11 is 0. The average molecular weight is 561 g/mol. The zero-order chi connectivity index (χ0) is 25.4. The summed E-state index contributed by atoms with van der Waals surface area (Å²) < 4.78 is 0. The maximum Gasteiger partial charge on any atom is 0.240 e. The second kappa shape index (κ2) is 10.7. The molecule has 0 N–H and O–H groups in total. The number of benzene rings is 4. The molecule has 0 atom stereocenters. The van der Waals surface area contributed by atoms with Crippen molar-refractivity contribution < 1.29 is 51.9 Å². The molecule has 0 spiro atoms. The van der Waals surface area contributed by atoms with Gasteiger partial charge in [0.1, 0.15) is 0 Å². The predicted molar refractivity (Wildman–Crippen MR) is 135 cm³/mol. The van der Waals surface area contributed by atoms with E-state index in [0.717, 1.165) is 16.0 Å². The molecule has 6 rings (SSSR count). The van der Waals surface area contributed by atoms with Gasteiger partial charge in [0, 0.05) is 39.8 Å². The maximum absolute atomic E-state index is 12.5. The van der Waals surface area contributed by atoms with Gasteiger partial charge in [-0.2, -0.15) is 48.5 Å². The van der Waals surface area contributed by atoms with Gasteiger partial charge in [-0.15, -0.1) is 0 Å². The summed E-state index contributed by atoms with van der Waals surface area (Å²) in [6.45, 7) is 2.05. The molecule has 7 heteroatoms. The van der Waals surface area contributed by atoms with Crippen LogP contribution in [0.15, 0.2) is 84.9 Å². The van der Waals surface area contributed by atoms with E-state index in [1.807, 2.05) is 19.1 Å². The van der Waals surface area contributed by atoms with Crippen LogP contribution >= 0.6 is 0 Å². The van der Waals surface area contributed by atoms with Gasteiger partial charge in [0.2, 0.25) is 23.6 Å². The molecule has 0 saturated heterocycles. The summed E-state index contributed by atoms with van der Waals surface area (Å²) in [6, 6.07) is 30.9. The molecule has 0 aliphatic carbocycles. The Hall–Kier alpha value is -3.74. The van der Waals surface area contributed by atoms with Crippen LogP contribution < -0.4 is 4.90 Å². The van der Waals surface area contributed by atoms with Gasteiger partial charge in [-0.3, -0.25) is 29.0 Å². The third-order valence-electron chi connectivity index (χ3n) is 6.18. The monoisotopic (exact) mass is 561 g/mol. The Balaban J connectivity index is 0.000000208. The molecule has 2 aliphatic heterocycles. The normalized spacial score (nSPS) is 13.6. The van der Waals surface area contributed by atoms with Crippen molar-refractivity contribution in [3.8, 4) is 11.1 Å². The molecule has 0 unspecified atom stereocenters. The Labute approximate surface area is 239 Å². The van der Waals surface area contributed by atoms with Crippen molar-refractivity contribution in [2.75, 3.05) is 11.9 Å². The number of carbonyl (C=O) groups is 4. The maximum atomic E-state index is 12.5. The SMILES string of the molecule is CN1C(=O)c2c[c-]ccc2C1=O.Cc1ccc(-c2ccc(N3C(=O)c4c[c-]ccc4C3=O)cc2)cc1.[Y]. The van der Waals surface area contributed by atoms with Crippen LogP contribution in [-0.4, -0.2) is 35.6 Å². The molecule has 2 heterocycles. The fourth-order valence-corrected chi connectivity index (χ4v) is 4.16. The molecule has 0 bridgehead atoms. The number of imide groups is 2. The van der Waals surface area contributed by atoms with Crippen LogP contribution in [0.5, 0.6) is 0 Å². The number of carbonyl (C=O) groups excluding carboxylic acids is 4. The van der Waals surface area contributed by atoms with Gasteiger partial charge in [0.05, 0.1) is 5.69 Å². The first kappa shape index (κ1) is 26.3. The Morgan fingerprint density at radius 1 is 0.568 bits per heavy atom. The summed E-state index contributed by atoms with van der Waals surface area (Å²) in [4.78, 5) is 49.9. The minimum absolute atomic E-state index is 0. The van der Waals surface area contributed by atoms with E-state index in [9.17, 15) is 19.2 Å². The van der Waals surface area contributed by atoms with Gasteiger partial charge in [0.15, 0.2) is 0 Å². The van der Waals surface area contributed by atoms with Crippen molar-refractivity contribution in [2.24, 2.45) is 0 Å². The predicted octanol–water partition coefficient (Wildman–Crippen LogP) is 4.97. The first-order valence-electron chi connectivity index (χ1n) is 11.3. The van der Waals surface area contributed by atoms with Crippen LogP contribution in [0.1, 0.15) is 47.0 Å². The molecular weight excluding hydrogens is 541 g/mol. The molecule has 2 aliphatic rings. The van der Waals surface area contributed by atoms with Crippen LogP contribution in [0.25, 0.3) is 11.1 Å². The van der Waals surface area contributed by atoms with Gasteiger partial charge >= 0.3 is 0 Å². The molecule has 6 nitrogen and oxygen atoms in total. The average Bonchev–Trinajstić information content (AvgIpc) is 3.30. The quantitative estimate of drug-likeness (QED) is 0.256. The van der Waals surface area contributed by atoms with Crippen molar-refractivity contribution >= 4 is 29.3 Å². The number of aryl methyl sites for hydroxylation is 1. The number of amides is 4. The van der Waals surface area contributed by atoms with Crippen LogP contribution in [0, 0.1) is 19.1 Å². The third-order valence-corrected chi connectivity index (χ3v) is 6.18. The number of nitrogens with zero attached hydrogens (tertiary/aromatic N) is 2. The Kier molecular flexibility index (Phi) is 7.62. The van der Waals surface area contributed by atoms with Crippen LogP contribution in [0.2, 0.25) is 0 Å². The molecule has 4 aromatic carbocycles. The van der Waals surface area contributed by atoms with Gasteiger partial charge in [-0.25, -0.2) is 0 Å². The van der Waals surface area contributed by atoms with Crippen LogP contribution in [-0.2, 0) is 32.7 Å². The topological polar surface area (TPSA) is 74.8 Å². The third kappa shape index (κ3) is 4.82. The number of anilines is 1. The van der Waals surface area contributed by atoms with Crippen molar-refractivity contribution in [1.29, 1.82) is 0 Å². The number of hydrogen-bond donors (Lipinski definition) is 0. The molecular formula is C30H20N2O4Y-2. The molecule has 0 saturated carbocycles. The van der Waals surface area contributed by atoms with E-state index in [1.165, 1.54) is 17.5 Å². The van der Waals surface area contributed by atoms with Gasteiger partial charge in [0.25, 0.3) is 0 Å². The van der Waals surface area contributed by atoms with Gasteiger partial charge < -0.3 is 0 Å². The van der Waals surface area contributed by atoms with E-state index in [1.54, 1.807) is 48.5 Å². The van der Waals surface area contributed by atoms with E-state index < -0.39 is 0 Å². The van der Waals surface area contributed by atoms with E-state index in [2.05, 4.69) is 36.4 Å². The zero-order valence-corrected chi connectivity index (χ0v) is 23.0. The minimum Gasteiger partial charge on any atom is -0.290 e. The Bertz CT molecular complexity index is 1460. The number of hydrogen-bond acceptors (Lipinski definition) is 4. The van der Waals surface area contributed by atoms with Crippen molar-refractivity contribution in [3.05, 3.63) is 125 Å². The van der Waals surface area contributed by atoms with Crippen molar-refractivity contribution in [3.63, 3.8) is 0 Å². The smallest absolute Gasteiger partial charge is 0.240 e. The molecule has 0 aromatic heterocycles. The molecule has 179 valence electrons. The molecule has 1 radical (unpaired) electrons. The van der Waals surface area contributed by atoms with Crippen LogP contribution in [0.3, 0.4) is 0 Å². The van der Waals surface area contributed by atoms with E-state index in [0.29, 0.717) is 27.9 Å². The van der Waals surface area contributed by atoms with Gasteiger partial charge in [-0.05, 0) is 30.2 Å². The summed E-state index contributed by atoms with van der Waals surface area (Å²) in [6.07, 6.45) is 0. The van der Waals surface area contributed by atoms with Crippen molar-refractivity contribution in [1.82, 2.24) is 4.90 Å². The minimum atomic E-state index is -0.296. The molecule has 4 amide bonds. The standard InChI is InChI=1S/C21H14NO2.C9H6NO2.Y/c1-14-6-8-15(9-7-14)16-10-12-17(13-11-16)22-20(23)18-4-2-3-5-19(18)21(22)24;1-10-8(11)6-4-2-3-5-7(6)9(10)12;/h2,4-13H,1H3;2,4-5H,1H3;/q2*-1;. The summed E-state index contributed by atoms with van der Waals surface area (Å²) in [7, 11) is 1.48. The molecule has 37 heavy (non-hydrogen) atoms. The zero-order valence-electron chi connectivity index (χ0n) is 20.2. The molecule has 4 aromatic rings. The summed E-state index contributed by atoms with van der Waals surface area (Å²) in [5.41, 5.74) is 5.70. The van der Waals surface area contributed by atoms with E-state index >= 15 is 0 Å². The first-order chi connectivity index (χ1) is 17.4. The van der Waals surface area contributed by atoms with Crippen LogP contribution in [0.4, 0.5) is 5.69 Å². The number of fused-ring (bicyclic) bond motifs is 2. The van der Waals surface area contributed by atoms with Gasteiger partial charge in [-0.1, -0.05) is 64.2 Å². The van der Waals surface area contributed by atoms with Crippen molar-refractivity contribution in [2.45, 2.75) is 6.92 Å². The second-order valence-electron chi connectivity index (χ2n) is 8.47. The largest absolute Gasteiger partial charge is 0.290 e. The fourth-order valence-electron chi connectivity index (χ4n) is 4.16. The fraction of sp³-hybridized carbons (Fsp3) is 0.0667. The Morgan fingerprint density at radius 2 is 1.00 bits per heavy atom. The summed E-state index contributed by atoms with van der Waals surface area (Å²) in [5, 5.41) is 0. The molecule has 0 fully saturated rings.